The summed E-state index contributed by atoms with van der Waals surface area (Å²) >= 11 is 0. The van der Waals surface area contributed by atoms with E-state index in [1.54, 1.807) is 0 Å². The number of likely N-dealkylation sites (tertiary alicyclic amines) is 1. The molecule has 1 aliphatic rings. The summed E-state index contributed by atoms with van der Waals surface area (Å²) in [6.07, 6.45) is 7.65. The number of hydrogen-bond donors (Lipinski definition) is 0. The summed E-state index contributed by atoms with van der Waals surface area (Å²) in [6.45, 7) is 26.4. The second-order valence-electron chi connectivity index (χ2n) is 7.40. The Kier molecular flexibility index (Phi) is 23.6. The Bertz CT molecular complexity index is 236. The molecule has 1 atom stereocenters. The quantitative estimate of drug-likeness (QED) is 0.483. The summed E-state index contributed by atoms with van der Waals surface area (Å²) in [6, 6.07) is 0.839. The molecule has 1 heterocycles. The van der Waals surface area contributed by atoms with Crippen LogP contribution in [0.5, 0.6) is 0 Å². The van der Waals surface area contributed by atoms with Gasteiger partial charge in [0.2, 0.25) is 0 Å². The van der Waals surface area contributed by atoms with Gasteiger partial charge in [-0.3, -0.25) is 0 Å². The lowest BCUT2D eigenvalue weighted by Gasteiger charge is -2.34. The molecule has 1 aliphatic heterocycles. The number of allylic oxidation sites excluding steroid dienone is 2. The molecule has 1 unspecified atom stereocenters. The first-order chi connectivity index (χ1) is 10.7. The molecule has 1 heteroatoms. The van der Waals surface area contributed by atoms with Crippen LogP contribution >= 0.6 is 0 Å². The molecule has 0 aromatic rings. The van der Waals surface area contributed by atoms with Crippen LogP contribution in [0.2, 0.25) is 0 Å². The summed E-state index contributed by atoms with van der Waals surface area (Å²) in [5.74, 6) is 1.71. The van der Waals surface area contributed by atoms with Crippen molar-refractivity contribution < 1.29 is 0 Å². The van der Waals surface area contributed by atoms with E-state index in [1.807, 2.05) is 20.8 Å². The third-order valence-electron chi connectivity index (χ3n) is 3.93. The van der Waals surface area contributed by atoms with Gasteiger partial charge < -0.3 is 4.90 Å². The maximum atomic E-state index is 2.63. The SMILES string of the molecule is CC.CC(C)CN1CCCCC1C.CC=C(C)C.CCC(C)C. The van der Waals surface area contributed by atoms with Crippen LogP contribution in [-0.4, -0.2) is 24.0 Å². The van der Waals surface area contributed by atoms with Crippen LogP contribution in [0.25, 0.3) is 0 Å². The summed E-state index contributed by atoms with van der Waals surface area (Å²) in [7, 11) is 0. The molecular weight excluding hydrogens is 278 g/mol. The second-order valence-corrected chi connectivity index (χ2v) is 7.40. The lowest BCUT2D eigenvalue weighted by atomic mass is 10.0. The van der Waals surface area contributed by atoms with E-state index in [2.05, 4.69) is 66.4 Å². The van der Waals surface area contributed by atoms with Gasteiger partial charge in [0.05, 0.1) is 0 Å². The van der Waals surface area contributed by atoms with Gasteiger partial charge in [0.1, 0.15) is 0 Å². The van der Waals surface area contributed by atoms with E-state index in [-0.39, 0.29) is 0 Å². The predicted molar refractivity (Wildman–Crippen MR) is 111 cm³/mol. The molecule has 23 heavy (non-hydrogen) atoms. The number of hydrogen-bond acceptors (Lipinski definition) is 1. The minimum Gasteiger partial charge on any atom is -0.300 e. The Hall–Kier alpha value is -0.300. The fourth-order valence-electron chi connectivity index (χ4n) is 1.90. The summed E-state index contributed by atoms with van der Waals surface area (Å²) in [4.78, 5) is 2.63. The van der Waals surface area contributed by atoms with Gasteiger partial charge in [0.15, 0.2) is 0 Å². The molecule has 142 valence electrons. The van der Waals surface area contributed by atoms with Crippen LogP contribution < -0.4 is 0 Å². The van der Waals surface area contributed by atoms with Crippen molar-refractivity contribution in [3.8, 4) is 0 Å². The summed E-state index contributed by atoms with van der Waals surface area (Å²) in [5.41, 5.74) is 1.38. The van der Waals surface area contributed by atoms with Crippen LogP contribution in [0.15, 0.2) is 11.6 Å². The monoisotopic (exact) mass is 327 g/mol. The van der Waals surface area contributed by atoms with Crippen molar-refractivity contribution in [1.29, 1.82) is 0 Å². The van der Waals surface area contributed by atoms with Crippen LogP contribution in [-0.2, 0) is 0 Å². The van der Waals surface area contributed by atoms with E-state index in [9.17, 15) is 0 Å². The van der Waals surface area contributed by atoms with Crippen molar-refractivity contribution >= 4 is 0 Å². The fourth-order valence-corrected chi connectivity index (χ4v) is 1.90. The van der Waals surface area contributed by atoms with Gasteiger partial charge in [-0.1, -0.05) is 73.0 Å². The van der Waals surface area contributed by atoms with E-state index in [4.69, 9.17) is 0 Å². The average Bonchev–Trinajstić information content (AvgIpc) is 2.52. The Morgan fingerprint density at radius 2 is 1.48 bits per heavy atom. The first-order valence-electron chi connectivity index (χ1n) is 10.1. The normalized spacial score (nSPS) is 17.2. The summed E-state index contributed by atoms with van der Waals surface area (Å²) in [5, 5.41) is 0. The topological polar surface area (TPSA) is 3.24 Å². The molecule has 0 bridgehead atoms. The van der Waals surface area contributed by atoms with E-state index in [1.165, 1.54) is 44.3 Å². The molecule has 0 aromatic carbocycles. The second kappa shape index (κ2) is 19.7. The van der Waals surface area contributed by atoms with Crippen molar-refractivity contribution in [3.63, 3.8) is 0 Å². The largest absolute Gasteiger partial charge is 0.300 e. The maximum Gasteiger partial charge on any atom is 0.00670 e. The van der Waals surface area contributed by atoms with Crippen LogP contribution in [0, 0.1) is 11.8 Å². The van der Waals surface area contributed by atoms with Crippen LogP contribution in [0.1, 0.15) is 102 Å². The van der Waals surface area contributed by atoms with Gasteiger partial charge in [-0.2, -0.15) is 0 Å². The van der Waals surface area contributed by atoms with Gasteiger partial charge in [-0.05, 0) is 58.9 Å². The molecule has 0 aromatic heterocycles. The van der Waals surface area contributed by atoms with Crippen molar-refractivity contribution in [2.45, 2.75) is 108 Å². The van der Waals surface area contributed by atoms with E-state index in [0.717, 1.165) is 17.9 Å². The zero-order chi connectivity index (χ0) is 18.8. The Morgan fingerprint density at radius 1 is 1.04 bits per heavy atom. The van der Waals surface area contributed by atoms with E-state index in [0.29, 0.717) is 0 Å². The van der Waals surface area contributed by atoms with Crippen molar-refractivity contribution in [2.24, 2.45) is 11.8 Å². The van der Waals surface area contributed by atoms with Crippen LogP contribution in [0.4, 0.5) is 0 Å². The molecular formula is C22H49N. The highest BCUT2D eigenvalue weighted by atomic mass is 15.2. The highest BCUT2D eigenvalue weighted by Gasteiger charge is 2.17. The molecule has 0 spiro atoms. The third-order valence-corrected chi connectivity index (χ3v) is 3.93. The first kappa shape index (κ1) is 27.5. The molecule has 1 fully saturated rings. The van der Waals surface area contributed by atoms with Crippen molar-refractivity contribution in [3.05, 3.63) is 11.6 Å². The van der Waals surface area contributed by atoms with Gasteiger partial charge in [-0.15, -0.1) is 0 Å². The Morgan fingerprint density at radius 3 is 1.74 bits per heavy atom. The Balaban J connectivity index is -0.000000282. The molecule has 0 radical (unpaired) electrons. The first-order valence-corrected chi connectivity index (χ1v) is 10.1. The third kappa shape index (κ3) is 24.1. The summed E-state index contributed by atoms with van der Waals surface area (Å²) < 4.78 is 0. The molecule has 1 rings (SSSR count). The van der Waals surface area contributed by atoms with Gasteiger partial charge in [0.25, 0.3) is 0 Å². The minimum atomic E-state index is 0.829. The molecule has 0 N–H and O–H groups in total. The zero-order valence-corrected chi connectivity index (χ0v) is 18.5. The van der Waals surface area contributed by atoms with Gasteiger partial charge in [-0.25, -0.2) is 0 Å². The lowest BCUT2D eigenvalue weighted by Crippen LogP contribution is -2.39. The fraction of sp³-hybridized carbons (Fsp3) is 0.909. The molecule has 1 saturated heterocycles. The molecule has 0 aliphatic carbocycles. The molecule has 0 saturated carbocycles. The number of rotatable bonds is 3. The smallest absolute Gasteiger partial charge is 0.00670 e. The van der Waals surface area contributed by atoms with Crippen molar-refractivity contribution in [1.82, 2.24) is 4.90 Å². The highest BCUT2D eigenvalue weighted by Crippen LogP contribution is 2.17. The van der Waals surface area contributed by atoms with E-state index < -0.39 is 0 Å². The Labute approximate surface area is 149 Å². The van der Waals surface area contributed by atoms with Gasteiger partial charge >= 0.3 is 0 Å². The van der Waals surface area contributed by atoms with Gasteiger partial charge in [0, 0.05) is 12.6 Å². The highest BCUT2D eigenvalue weighted by molar-refractivity contribution is 4.88. The number of piperidine rings is 1. The number of nitrogens with zero attached hydrogens (tertiary/aromatic N) is 1. The van der Waals surface area contributed by atoms with E-state index >= 15 is 0 Å². The predicted octanol–water partition coefficient (Wildman–Crippen LogP) is 7.57. The minimum absolute atomic E-state index is 0.829. The lowest BCUT2D eigenvalue weighted by molar-refractivity contribution is 0.144. The van der Waals surface area contributed by atoms with Crippen molar-refractivity contribution in [2.75, 3.05) is 13.1 Å². The van der Waals surface area contributed by atoms with Crippen LogP contribution in [0.3, 0.4) is 0 Å². The average molecular weight is 328 g/mol. The molecule has 1 nitrogen and oxygen atoms in total. The zero-order valence-electron chi connectivity index (χ0n) is 18.5. The standard InChI is InChI=1S/C10H21N.C5H12.C5H10.C2H6/c1-9(2)8-11-7-5-4-6-10(11)3;2*1-4-5(2)3;1-2/h9-10H,4-8H2,1-3H3;5H,4H2,1-3H3;4H,1-3H3;1-2H3. The maximum absolute atomic E-state index is 2.63. The molecule has 0 amide bonds.